The molecule has 0 aromatic carbocycles. The van der Waals surface area contributed by atoms with Crippen LogP contribution in [0.1, 0.15) is 11.1 Å². The molecule has 0 fully saturated rings. The fourth-order valence-corrected chi connectivity index (χ4v) is 1.29. The first kappa shape index (κ1) is 11.1. The number of rotatable bonds is 3. The van der Waals surface area contributed by atoms with Crippen LogP contribution in [0.5, 0.6) is 0 Å². The van der Waals surface area contributed by atoms with E-state index in [9.17, 15) is 12.3 Å². The normalized spacial score (nSPS) is 12.0. The number of nitrogens with zero attached hydrogens (tertiary/aromatic N) is 2. The van der Waals surface area contributed by atoms with Crippen LogP contribution in [-0.2, 0) is 17.0 Å². The summed E-state index contributed by atoms with van der Waals surface area (Å²) in [5, 5.41) is 0. The Morgan fingerprint density at radius 1 is 1.57 bits per heavy atom. The lowest BCUT2D eigenvalue weighted by atomic mass is 10.2. The van der Waals surface area contributed by atoms with E-state index in [0.29, 0.717) is 4.31 Å². The van der Waals surface area contributed by atoms with Gasteiger partial charge in [-0.1, -0.05) is 3.89 Å². The van der Waals surface area contributed by atoms with Gasteiger partial charge in [0.2, 0.25) is 0 Å². The van der Waals surface area contributed by atoms with E-state index >= 15 is 0 Å². The van der Waals surface area contributed by atoms with Gasteiger partial charge < -0.3 is 0 Å². The van der Waals surface area contributed by atoms with Crippen LogP contribution in [0, 0.1) is 6.92 Å². The first-order chi connectivity index (χ1) is 6.41. The molecular weight excluding hydrogens is 207 g/mol. The number of pyridine rings is 1. The van der Waals surface area contributed by atoms with Crippen molar-refractivity contribution in [3.05, 3.63) is 29.6 Å². The summed E-state index contributed by atoms with van der Waals surface area (Å²) in [5.74, 6) is 0. The third-order valence-electron chi connectivity index (χ3n) is 1.90. The monoisotopic (exact) mass is 218 g/mol. The Balaban J connectivity index is 2.85. The van der Waals surface area contributed by atoms with Crippen molar-refractivity contribution in [3.63, 3.8) is 0 Å². The second kappa shape index (κ2) is 4.02. The number of aromatic nitrogens is 1. The summed E-state index contributed by atoms with van der Waals surface area (Å²) in [6.45, 7) is 1.81. The molecule has 0 N–H and O–H groups in total. The highest BCUT2D eigenvalue weighted by Gasteiger charge is 2.16. The van der Waals surface area contributed by atoms with Crippen LogP contribution in [0.25, 0.3) is 0 Å². The van der Waals surface area contributed by atoms with Gasteiger partial charge in [0.25, 0.3) is 0 Å². The second-order valence-corrected chi connectivity index (χ2v) is 4.45. The van der Waals surface area contributed by atoms with E-state index in [1.165, 1.54) is 7.05 Å². The van der Waals surface area contributed by atoms with Gasteiger partial charge in [-0.2, -0.15) is 12.7 Å². The van der Waals surface area contributed by atoms with Crippen molar-refractivity contribution in [2.75, 3.05) is 7.05 Å². The van der Waals surface area contributed by atoms with Crippen molar-refractivity contribution in [3.8, 4) is 0 Å². The molecule has 0 aliphatic rings. The summed E-state index contributed by atoms with van der Waals surface area (Å²) in [5.41, 5.74) is 1.58. The average molecular weight is 218 g/mol. The lowest BCUT2D eigenvalue weighted by molar-refractivity contribution is 0.428. The third kappa shape index (κ3) is 2.74. The maximum absolute atomic E-state index is 12.5. The molecule has 0 radical (unpaired) electrons. The highest BCUT2D eigenvalue weighted by Crippen LogP contribution is 2.10. The molecule has 14 heavy (non-hydrogen) atoms. The summed E-state index contributed by atoms with van der Waals surface area (Å²) >= 11 is 0. The van der Waals surface area contributed by atoms with Gasteiger partial charge in [0.05, 0.1) is 0 Å². The van der Waals surface area contributed by atoms with Crippen LogP contribution in [-0.4, -0.2) is 24.8 Å². The smallest absolute Gasteiger partial charge is 0.264 e. The van der Waals surface area contributed by atoms with Gasteiger partial charge in [0.1, 0.15) is 0 Å². The summed E-state index contributed by atoms with van der Waals surface area (Å²) in [4.78, 5) is 3.85. The molecular formula is C8H11FN2O2S. The largest absolute Gasteiger partial charge is 0.374 e. The van der Waals surface area contributed by atoms with Crippen LogP contribution < -0.4 is 0 Å². The molecule has 1 aromatic rings. The van der Waals surface area contributed by atoms with E-state index in [0.717, 1.165) is 11.1 Å². The van der Waals surface area contributed by atoms with Crippen molar-refractivity contribution >= 4 is 10.4 Å². The minimum atomic E-state index is -4.60. The number of halogens is 1. The lowest BCUT2D eigenvalue weighted by Crippen LogP contribution is -2.22. The van der Waals surface area contributed by atoms with E-state index < -0.39 is 10.4 Å². The Morgan fingerprint density at radius 3 is 2.71 bits per heavy atom. The molecule has 0 amide bonds. The van der Waals surface area contributed by atoms with E-state index in [1.54, 1.807) is 25.4 Å². The molecule has 0 atom stereocenters. The molecule has 6 heteroatoms. The predicted molar refractivity (Wildman–Crippen MR) is 50.5 cm³/mol. The van der Waals surface area contributed by atoms with Crippen molar-refractivity contribution in [2.24, 2.45) is 0 Å². The van der Waals surface area contributed by atoms with Crippen molar-refractivity contribution in [2.45, 2.75) is 13.5 Å². The molecule has 4 nitrogen and oxygen atoms in total. The zero-order valence-electron chi connectivity index (χ0n) is 7.94. The fraction of sp³-hybridized carbons (Fsp3) is 0.375. The number of aryl methyl sites for hydroxylation is 1. The van der Waals surface area contributed by atoms with Crippen LogP contribution >= 0.6 is 0 Å². The molecule has 0 unspecified atom stereocenters. The standard InChI is InChI=1S/C8H11FN2O2S/c1-7-5-10-4-3-8(7)6-11(2)14(9,12)13/h3-5H,6H2,1-2H3. The number of hydrogen-bond acceptors (Lipinski definition) is 3. The van der Waals surface area contributed by atoms with Gasteiger partial charge in [-0.25, -0.2) is 0 Å². The maximum Gasteiger partial charge on any atom is 0.374 e. The SMILES string of the molecule is Cc1cnccc1CN(C)S(=O)(=O)F. The fourth-order valence-electron chi connectivity index (χ4n) is 0.997. The molecule has 0 aliphatic carbocycles. The van der Waals surface area contributed by atoms with Crippen LogP contribution in [0.4, 0.5) is 3.89 Å². The highest BCUT2D eigenvalue weighted by molar-refractivity contribution is 7.83. The third-order valence-corrected chi connectivity index (χ3v) is 2.78. The summed E-state index contributed by atoms with van der Waals surface area (Å²) in [7, 11) is -3.42. The van der Waals surface area contributed by atoms with E-state index in [-0.39, 0.29) is 6.54 Å². The van der Waals surface area contributed by atoms with Crippen molar-refractivity contribution < 1.29 is 12.3 Å². The first-order valence-electron chi connectivity index (χ1n) is 3.96. The minimum absolute atomic E-state index is 0.0210. The lowest BCUT2D eigenvalue weighted by Gasteiger charge is -2.12. The topological polar surface area (TPSA) is 50.3 Å². The van der Waals surface area contributed by atoms with Crippen LogP contribution in [0.15, 0.2) is 18.5 Å². The molecule has 1 rings (SSSR count). The Bertz CT molecular complexity index is 419. The summed E-state index contributed by atoms with van der Waals surface area (Å²) < 4.78 is 34.1. The maximum atomic E-state index is 12.5. The van der Waals surface area contributed by atoms with Gasteiger partial charge >= 0.3 is 10.4 Å². The summed E-state index contributed by atoms with van der Waals surface area (Å²) in [6.07, 6.45) is 3.15. The zero-order chi connectivity index (χ0) is 10.8. The van der Waals surface area contributed by atoms with E-state index in [4.69, 9.17) is 0 Å². The Morgan fingerprint density at radius 2 is 2.21 bits per heavy atom. The molecule has 1 aromatic heterocycles. The molecule has 0 bridgehead atoms. The quantitative estimate of drug-likeness (QED) is 0.712. The highest BCUT2D eigenvalue weighted by atomic mass is 32.3. The van der Waals surface area contributed by atoms with Crippen LogP contribution in [0.2, 0.25) is 0 Å². The van der Waals surface area contributed by atoms with Gasteiger partial charge in [-0.15, -0.1) is 0 Å². The summed E-state index contributed by atoms with van der Waals surface area (Å²) in [6, 6.07) is 1.66. The van der Waals surface area contributed by atoms with Gasteiger partial charge in [-0.05, 0) is 24.1 Å². The second-order valence-electron chi connectivity index (χ2n) is 3.00. The Hall–Kier alpha value is -1.01. The van der Waals surface area contributed by atoms with E-state index in [2.05, 4.69) is 4.98 Å². The van der Waals surface area contributed by atoms with Gasteiger partial charge in [0, 0.05) is 26.0 Å². The number of hydrogen-bond donors (Lipinski definition) is 0. The molecule has 0 saturated heterocycles. The van der Waals surface area contributed by atoms with Gasteiger partial charge in [0.15, 0.2) is 0 Å². The molecule has 0 saturated carbocycles. The Labute approximate surface area is 82.7 Å². The van der Waals surface area contributed by atoms with Crippen LogP contribution in [0.3, 0.4) is 0 Å². The van der Waals surface area contributed by atoms with Crippen molar-refractivity contribution in [1.29, 1.82) is 0 Å². The average Bonchev–Trinajstić information content (AvgIpc) is 2.07. The van der Waals surface area contributed by atoms with E-state index in [1.807, 2.05) is 0 Å². The zero-order valence-corrected chi connectivity index (χ0v) is 8.75. The molecule has 0 spiro atoms. The van der Waals surface area contributed by atoms with Gasteiger partial charge in [-0.3, -0.25) is 4.98 Å². The molecule has 1 heterocycles. The minimum Gasteiger partial charge on any atom is -0.264 e. The molecule has 0 aliphatic heterocycles. The predicted octanol–water partition coefficient (Wildman–Crippen LogP) is 1.04. The van der Waals surface area contributed by atoms with Crippen molar-refractivity contribution in [1.82, 2.24) is 9.29 Å². The first-order valence-corrected chi connectivity index (χ1v) is 5.30. The molecule has 78 valence electrons. The Kier molecular flexibility index (Phi) is 3.17.